The quantitative estimate of drug-likeness (QED) is 0.735. The van der Waals surface area contributed by atoms with Crippen LogP contribution in [-0.2, 0) is 19.4 Å². The van der Waals surface area contributed by atoms with Crippen molar-refractivity contribution in [3.05, 3.63) is 71.7 Å². The minimum absolute atomic E-state index is 0.107. The summed E-state index contributed by atoms with van der Waals surface area (Å²) in [4.78, 5) is 23.1. The number of rotatable bonds is 5. The zero-order valence-corrected chi connectivity index (χ0v) is 15.7. The van der Waals surface area contributed by atoms with Crippen LogP contribution in [0.4, 0.5) is 5.69 Å². The van der Waals surface area contributed by atoms with Gasteiger partial charge in [0.1, 0.15) is 11.5 Å². The number of oxazole rings is 1. The first-order chi connectivity index (χ1) is 13.7. The number of carbonyl (C=O) groups excluding carboxylic acids is 1. The van der Waals surface area contributed by atoms with Crippen LogP contribution in [-0.4, -0.2) is 41.0 Å². The summed E-state index contributed by atoms with van der Waals surface area (Å²) in [5, 5.41) is 2.76. The van der Waals surface area contributed by atoms with Crippen LogP contribution >= 0.6 is 0 Å². The molecule has 0 bridgehead atoms. The maximum atomic E-state index is 12.4. The summed E-state index contributed by atoms with van der Waals surface area (Å²) < 4.78 is 11.1. The third-order valence-electron chi connectivity index (χ3n) is 4.75. The third-order valence-corrected chi connectivity index (χ3v) is 4.75. The Morgan fingerprint density at radius 2 is 2.14 bits per heavy atom. The number of carbonyl (C=O) groups is 1. The van der Waals surface area contributed by atoms with Crippen molar-refractivity contribution in [2.24, 2.45) is 0 Å². The van der Waals surface area contributed by atoms with E-state index in [1.54, 1.807) is 31.6 Å². The maximum Gasteiger partial charge on any atom is 0.311 e. The van der Waals surface area contributed by atoms with Crippen LogP contribution in [0, 0.1) is 0 Å². The van der Waals surface area contributed by atoms with Gasteiger partial charge in [0.05, 0.1) is 24.7 Å². The number of pyridine rings is 1. The van der Waals surface area contributed by atoms with Crippen LogP contribution in [0.25, 0.3) is 0 Å². The third kappa shape index (κ3) is 4.20. The summed E-state index contributed by atoms with van der Waals surface area (Å²) >= 11 is 0. The Bertz CT molecular complexity index is 930. The highest BCUT2D eigenvalue weighted by Gasteiger charge is 2.23. The normalized spacial score (nSPS) is 14.2. The monoisotopic (exact) mass is 378 g/mol. The zero-order chi connectivity index (χ0) is 19.3. The molecule has 1 aromatic carbocycles. The molecule has 0 atom stereocenters. The van der Waals surface area contributed by atoms with E-state index in [1.807, 2.05) is 12.1 Å². The standard InChI is InChI=1S/C21H22N4O3/c1-27-17-6-2-4-15(12-17)14-25-10-7-18-19(8-11-25)28-21(24-18)20(26)23-16-5-3-9-22-13-16/h2-6,9,12-13H,7-8,10-11,14H2,1H3,(H,23,26). The minimum atomic E-state index is -0.352. The number of nitrogens with zero attached hydrogens (tertiary/aromatic N) is 3. The van der Waals surface area contributed by atoms with Crippen LogP contribution in [0.2, 0.25) is 0 Å². The predicted molar refractivity (Wildman–Crippen MR) is 104 cm³/mol. The van der Waals surface area contributed by atoms with Crippen molar-refractivity contribution in [3.63, 3.8) is 0 Å². The molecule has 0 saturated carbocycles. The van der Waals surface area contributed by atoms with Crippen LogP contribution < -0.4 is 10.1 Å². The first-order valence-electron chi connectivity index (χ1n) is 9.26. The Hall–Kier alpha value is -3.19. The Labute approximate surface area is 163 Å². The number of hydrogen-bond donors (Lipinski definition) is 1. The van der Waals surface area contributed by atoms with Gasteiger partial charge in [-0.15, -0.1) is 0 Å². The van der Waals surface area contributed by atoms with Crippen molar-refractivity contribution < 1.29 is 13.9 Å². The second-order valence-corrected chi connectivity index (χ2v) is 6.71. The maximum absolute atomic E-state index is 12.4. The van der Waals surface area contributed by atoms with Crippen LogP contribution in [0.5, 0.6) is 5.75 Å². The zero-order valence-electron chi connectivity index (χ0n) is 15.7. The molecule has 7 nitrogen and oxygen atoms in total. The molecule has 0 fully saturated rings. The van der Waals surface area contributed by atoms with Crippen molar-refractivity contribution in [1.82, 2.24) is 14.9 Å². The fraction of sp³-hybridized carbons (Fsp3) is 0.286. The van der Waals surface area contributed by atoms with Crippen molar-refractivity contribution >= 4 is 11.6 Å². The molecule has 0 radical (unpaired) electrons. The molecule has 28 heavy (non-hydrogen) atoms. The van der Waals surface area contributed by atoms with Crippen LogP contribution in [0.1, 0.15) is 27.7 Å². The van der Waals surface area contributed by atoms with Gasteiger partial charge in [-0.3, -0.25) is 14.7 Å². The topological polar surface area (TPSA) is 80.5 Å². The number of benzene rings is 1. The number of hydrogen-bond acceptors (Lipinski definition) is 6. The van der Waals surface area contributed by atoms with Crippen molar-refractivity contribution in [2.75, 3.05) is 25.5 Å². The lowest BCUT2D eigenvalue weighted by molar-refractivity contribution is 0.0988. The van der Waals surface area contributed by atoms with E-state index in [4.69, 9.17) is 9.15 Å². The number of anilines is 1. The summed E-state index contributed by atoms with van der Waals surface area (Å²) in [5.41, 5.74) is 2.69. The highest BCUT2D eigenvalue weighted by Crippen LogP contribution is 2.20. The number of nitrogens with one attached hydrogen (secondary N) is 1. The van der Waals surface area contributed by atoms with E-state index in [-0.39, 0.29) is 11.8 Å². The molecule has 1 amide bonds. The predicted octanol–water partition coefficient (Wildman–Crippen LogP) is 2.93. The molecule has 3 aromatic rings. The molecular formula is C21H22N4O3. The smallest absolute Gasteiger partial charge is 0.311 e. The SMILES string of the molecule is COc1cccc(CN2CCc3nc(C(=O)Nc4cccnc4)oc3CC2)c1. The van der Waals surface area contributed by atoms with Gasteiger partial charge in [-0.1, -0.05) is 12.1 Å². The Balaban J connectivity index is 1.39. The molecule has 144 valence electrons. The Morgan fingerprint density at radius 3 is 2.96 bits per heavy atom. The summed E-state index contributed by atoms with van der Waals surface area (Å²) in [7, 11) is 1.68. The molecule has 1 N–H and O–H groups in total. The molecule has 1 aliphatic rings. The van der Waals surface area contributed by atoms with E-state index in [0.29, 0.717) is 5.69 Å². The second-order valence-electron chi connectivity index (χ2n) is 6.71. The summed E-state index contributed by atoms with van der Waals surface area (Å²) in [6, 6.07) is 11.6. The van der Waals surface area contributed by atoms with E-state index >= 15 is 0 Å². The van der Waals surface area contributed by atoms with Gasteiger partial charge in [0, 0.05) is 38.7 Å². The molecule has 0 saturated heterocycles. The van der Waals surface area contributed by atoms with Gasteiger partial charge >= 0.3 is 5.91 Å². The average molecular weight is 378 g/mol. The molecule has 0 spiro atoms. The van der Waals surface area contributed by atoms with E-state index in [1.165, 1.54) is 5.56 Å². The molecule has 1 aliphatic heterocycles. The molecule has 2 aromatic heterocycles. The summed E-state index contributed by atoms with van der Waals surface area (Å²) in [5.74, 6) is 1.42. The van der Waals surface area contributed by atoms with E-state index in [9.17, 15) is 4.79 Å². The molecule has 4 rings (SSSR count). The van der Waals surface area contributed by atoms with Gasteiger partial charge in [0.15, 0.2) is 0 Å². The van der Waals surface area contributed by atoms with Gasteiger partial charge in [-0.2, -0.15) is 0 Å². The van der Waals surface area contributed by atoms with Crippen molar-refractivity contribution in [2.45, 2.75) is 19.4 Å². The Kier molecular flexibility index (Phi) is 5.34. The van der Waals surface area contributed by atoms with Gasteiger partial charge in [0.2, 0.25) is 0 Å². The fourth-order valence-electron chi connectivity index (χ4n) is 3.31. The number of ether oxygens (including phenoxy) is 1. The first kappa shape index (κ1) is 18.2. The second kappa shape index (κ2) is 8.22. The van der Waals surface area contributed by atoms with E-state index in [2.05, 4.69) is 32.3 Å². The summed E-state index contributed by atoms with van der Waals surface area (Å²) in [6.07, 6.45) is 4.72. The van der Waals surface area contributed by atoms with Gasteiger partial charge in [-0.05, 0) is 29.8 Å². The average Bonchev–Trinajstić information content (AvgIpc) is 3.05. The highest BCUT2D eigenvalue weighted by atomic mass is 16.5. The van der Waals surface area contributed by atoms with Crippen molar-refractivity contribution in [1.29, 1.82) is 0 Å². The van der Waals surface area contributed by atoms with E-state index < -0.39 is 0 Å². The molecule has 3 heterocycles. The lowest BCUT2D eigenvalue weighted by Gasteiger charge is -2.19. The van der Waals surface area contributed by atoms with Gasteiger partial charge in [-0.25, -0.2) is 4.98 Å². The minimum Gasteiger partial charge on any atom is -0.497 e. The molecule has 0 unspecified atom stereocenters. The van der Waals surface area contributed by atoms with Gasteiger partial charge < -0.3 is 14.5 Å². The van der Waals surface area contributed by atoms with Crippen LogP contribution in [0.15, 0.2) is 53.2 Å². The lowest BCUT2D eigenvalue weighted by atomic mass is 10.2. The Morgan fingerprint density at radius 1 is 1.25 bits per heavy atom. The largest absolute Gasteiger partial charge is 0.497 e. The highest BCUT2D eigenvalue weighted by molar-refractivity contribution is 6.00. The summed E-state index contributed by atoms with van der Waals surface area (Å²) in [6.45, 7) is 2.55. The van der Waals surface area contributed by atoms with Gasteiger partial charge in [0.25, 0.3) is 5.89 Å². The van der Waals surface area contributed by atoms with Crippen LogP contribution in [0.3, 0.4) is 0 Å². The number of aromatic nitrogens is 2. The number of fused-ring (bicyclic) bond motifs is 1. The number of amides is 1. The first-order valence-corrected chi connectivity index (χ1v) is 9.26. The fourth-order valence-corrected chi connectivity index (χ4v) is 3.31. The van der Waals surface area contributed by atoms with Crippen molar-refractivity contribution in [3.8, 4) is 5.75 Å². The molecule has 0 aliphatic carbocycles. The van der Waals surface area contributed by atoms with E-state index in [0.717, 1.165) is 49.7 Å². The number of methoxy groups -OCH3 is 1. The molecule has 7 heteroatoms. The molecular weight excluding hydrogens is 356 g/mol. The lowest BCUT2D eigenvalue weighted by Crippen LogP contribution is -2.26.